The second kappa shape index (κ2) is 10.3. The van der Waals surface area contributed by atoms with Crippen molar-refractivity contribution in [3.8, 4) is 0 Å². The molecule has 32 heavy (non-hydrogen) atoms. The Morgan fingerprint density at radius 1 is 0.938 bits per heavy atom. The van der Waals surface area contributed by atoms with Crippen molar-refractivity contribution in [1.82, 2.24) is 0 Å². The van der Waals surface area contributed by atoms with Crippen LogP contribution >= 0.6 is 57.4 Å². The van der Waals surface area contributed by atoms with Crippen LogP contribution in [0, 0.1) is 10.2 Å². The highest BCUT2D eigenvalue weighted by Crippen LogP contribution is 2.76. The van der Waals surface area contributed by atoms with E-state index >= 15 is 0 Å². The largest absolute Gasteiger partial charge is 0.286 e. The minimum atomic E-state index is -4.67. The molecule has 0 heterocycles. The molecule has 0 aliphatic heterocycles. The summed E-state index contributed by atoms with van der Waals surface area (Å²) in [6, 6.07) is 0. The first-order valence-electron chi connectivity index (χ1n) is 10.3. The Labute approximate surface area is 215 Å². The third-order valence-electron chi connectivity index (χ3n) is 3.78. The molecule has 1 unspecified atom stereocenters. The molecule has 1 atom stereocenters. The molecule has 0 N–H and O–H groups in total. The fraction of sp³-hybridized carbons (Fsp3) is 0.857. The predicted molar refractivity (Wildman–Crippen MR) is 139 cm³/mol. The molecular weight excluding hydrogens is 528 g/mol. The van der Waals surface area contributed by atoms with E-state index in [0.717, 1.165) is 9.81 Å². The van der Waals surface area contributed by atoms with Crippen molar-refractivity contribution in [2.45, 2.75) is 93.5 Å². The lowest BCUT2D eigenvalue weighted by atomic mass is 10.2. The van der Waals surface area contributed by atoms with Gasteiger partial charge in [-0.3, -0.25) is 4.79 Å². The Hall–Kier alpha value is 1.29. The Morgan fingerprint density at radius 3 is 1.62 bits per heavy atom. The minimum absolute atomic E-state index is 0.103. The highest BCUT2D eigenvalue weighted by molar-refractivity contribution is 8.32. The summed E-state index contributed by atoms with van der Waals surface area (Å²) in [5.41, 5.74) is 0. The number of rotatable bonds is 9. The van der Waals surface area contributed by atoms with Gasteiger partial charge in [-0.1, -0.05) is 81.0 Å². The zero-order valence-electron chi connectivity index (χ0n) is 21.2. The van der Waals surface area contributed by atoms with Gasteiger partial charge in [0.05, 0.1) is 10.2 Å². The van der Waals surface area contributed by atoms with Gasteiger partial charge in [-0.25, -0.2) is 0 Å². The lowest BCUT2D eigenvalue weighted by Gasteiger charge is -2.41. The number of hydrogen-bond acceptors (Lipinski definition) is 9. The van der Waals surface area contributed by atoms with Crippen LogP contribution in [0.4, 0.5) is 0 Å². The molecule has 0 saturated heterocycles. The van der Waals surface area contributed by atoms with Crippen LogP contribution in [-0.2, 0) is 8.53 Å². The zero-order chi connectivity index (χ0) is 25.6. The molecule has 190 valence electrons. The summed E-state index contributed by atoms with van der Waals surface area (Å²) in [4.78, 5) is 15.8. The minimum Gasteiger partial charge on any atom is -0.286 e. The summed E-state index contributed by atoms with van der Waals surface area (Å²) < 4.78 is 38.9. The van der Waals surface area contributed by atoms with Crippen LogP contribution in [0.1, 0.15) is 69.2 Å². The van der Waals surface area contributed by atoms with Gasteiger partial charge in [0.1, 0.15) is 13.7 Å². The zero-order valence-corrected chi connectivity index (χ0v) is 26.1. The molecule has 11 heteroatoms. The lowest BCUT2D eigenvalue weighted by molar-refractivity contribution is -1.91. The number of thioether (sulfide) groups is 4. The van der Waals surface area contributed by atoms with Gasteiger partial charge >= 0.3 is 0 Å². The molecule has 0 spiro atoms. The van der Waals surface area contributed by atoms with Crippen LogP contribution in [0.25, 0.3) is 0 Å². The van der Waals surface area contributed by atoms with Crippen molar-refractivity contribution < 1.29 is 32.8 Å². The van der Waals surface area contributed by atoms with E-state index in [9.17, 15) is 18.8 Å². The maximum Gasteiger partial charge on any atom is 0.205 e. The van der Waals surface area contributed by atoms with Gasteiger partial charge in [0, 0.05) is 46.9 Å². The fourth-order valence-electron chi connectivity index (χ4n) is 3.21. The summed E-state index contributed by atoms with van der Waals surface area (Å²) in [5, 5.41) is -0.894. The van der Waals surface area contributed by atoms with E-state index in [-0.39, 0.29) is 19.4 Å². The Kier molecular flexibility index (Phi) is 10.1. The van der Waals surface area contributed by atoms with E-state index in [1.165, 1.54) is 11.8 Å². The maximum absolute atomic E-state index is 13.6. The van der Waals surface area contributed by atoms with Gasteiger partial charge in [0.25, 0.3) is 0 Å². The van der Waals surface area contributed by atoms with Gasteiger partial charge in [-0.15, -0.1) is 35.3 Å². The highest BCUT2D eigenvalue weighted by Gasteiger charge is 2.69. The summed E-state index contributed by atoms with van der Waals surface area (Å²) in [5.74, 6) is 0.562. The van der Waals surface area contributed by atoms with Gasteiger partial charge in [-0.05, 0) is 5.75 Å². The van der Waals surface area contributed by atoms with Gasteiger partial charge in [0.15, 0.2) is 0 Å². The van der Waals surface area contributed by atoms with E-state index < -0.39 is 30.5 Å². The van der Waals surface area contributed by atoms with E-state index in [4.69, 9.17) is 3.74 Å². The molecule has 0 aromatic carbocycles. The van der Waals surface area contributed by atoms with Gasteiger partial charge in [-0.2, -0.15) is 14.0 Å². The van der Waals surface area contributed by atoms with Crippen molar-refractivity contribution >= 4 is 62.5 Å². The van der Waals surface area contributed by atoms with Crippen LogP contribution in [0.3, 0.4) is 0 Å². The molecule has 0 aromatic heterocycles. The summed E-state index contributed by atoms with van der Waals surface area (Å²) in [6.45, 7) is 20.9. The highest BCUT2D eigenvalue weighted by atomic mass is 35.7. The maximum atomic E-state index is 13.6. The molecule has 0 aromatic rings. The molecule has 0 bridgehead atoms. The first-order chi connectivity index (χ1) is 14.0. The van der Waals surface area contributed by atoms with Crippen molar-refractivity contribution in [3.05, 3.63) is 9.81 Å². The quantitative estimate of drug-likeness (QED) is 0.409. The smallest absolute Gasteiger partial charge is 0.205 e. The molecule has 0 radical (unpaired) electrons. The van der Waals surface area contributed by atoms with Crippen LogP contribution in [0.5, 0.6) is 0 Å². The van der Waals surface area contributed by atoms with Crippen molar-refractivity contribution in [2.24, 2.45) is 0 Å². The fourth-order valence-corrected chi connectivity index (χ4v) is 14.0. The molecule has 1 aliphatic carbocycles. The number of hydrogen-bond donors (Lipinski definition) is 0. The first-order valence-corrected chi connectivity index (χ1v) is 17.4. The third kappa shape index (κ3) is 9.06. The Morgan fingerprint density at radius 2 is 1.34 bits per heavy atom. The van der Waals surface area contributed by atoms with E-state index in [0.29, 0.717) is 5.75 Å². The van der Waals surface area contributed by atoms with E-state index in [1.54, 1.807) is 47.8 Å². The lowest BCUT2D eigenvalue weighted by Crippen LogP contribution is -2.62. The van der Waals surface area contributed by atoms with Crippen molar-refractivity contribution in [1.29, 1.82) is 0 Å². The van der Waals surface area contributed by atoms with Crippen LogP contribution in [0.2, 0.25) is 0 Å². The van der Waals surface area contributed by atoms with Crippen molar-refractivity contribution in [3.63, 3.8) is 0 Å². The average Bonchev–Trinajstić information content (AvgIpc) is 2.94. The molecule has 1 aliphatic rings. The molecule has 5 nitrogen and oxygen atoms in total. The molecule has 0 saturated carbocycles. The standard InChI is InChI=1S/C21H39ClO5S5/c1-13-28-17(23)16(32(11,12)27-22(24,25)26)21(31-20(8,9)10)14(29-18(2,3)4)15(21)30-19(5,6)7/h16H,13H2,1-12H3. The molecule has 1 rings (SSSR count). The molecular formula is C21H39ClO5S5. The van der Waals surface area contributed by atoms with Crippen molar-refractivity contribution in [2.75, 3.05) is 18.3 Å². The van der Waals surface area contributed by atoms with Gasteiger partial charge < -0.3 is 0 Å². The van der Waals surface area contributed by atoms with Gasteiger partial charge in [0.2, 0.25) is 5.12 Å². The predicted octanol–water partition coefficient (Wildman–Crippen LogP) is 4.09. The van der Waals surface area contributed by atoms with E-state index in [1.807, 2.05) is 6.92 Å². The number of carbonyl (C=O) groups is 1. The average molecular weight is 567 g/mol. The van der Waals surface area contributed by atoms with Crippen LogP contribution in [0.15, 0.2) is 9.81 Å². The summed E-state index contributed by atoms with van der Waals surface area (Å²) >= 11 is 6.29. The SMILES string of the molecule is CCSC(=O)C(C1(SC(C)(C)C)C(SC(C)(C)C)=C1SC(C)(C)C)S(C)(C)O[Cl+3]([O-])([O-])[O-]. The Balaban J connectivity index is 3.77. The second-order valence-electron chi connectivity index (χ2n) is 10.9. The third-order valence-corrected chi connectivity index (χ3v) is 13.2. The van der Waals surface area contributed by atoms with Crippen LogP contribution < -0.4 is 14.0 Å². The summed E-state index contributed by atoms with van der Waals surface area (Å²) in [7, 11) is -7.28. The van der Waals surface area contributed by atoms with E-state index in [2.05, 4.69) is 62.3 Å². The number of halogens is 1. The molecule has 0 fully saturated rings. The molecule has 0 amide bonds. The first kappa shape index (κ1) is 31.3. The van der Waals surface area contributed by atoms with Crippen LogP contribution in [-0.4, -0.2) is 47.6 Å². The second-order valence-corrected chi connectivity index (χ2v) is 22.3. The summed E-state index contributed by atoms with van der Waals surface area (Å²) in [6.07, 6.45) is 3.24. The topological polar surface area (TPSA) is 95.5 Å². The normalized spacial score (nSPS) is 19.2. The Bertz CT molecular complexity index is 701. The number of carbonyl (C=O) groups excluding carboxylic acids is 1. The monoisotopic (exact) mass is 566 g/mol.